The molecule has 3 nitrogen and oxygen atoms in total. The molecule has 2 unspecified atom stereocenters. The van der Waals surface area contributed by atoms with Crippen molar-refractivity contribution in [2.45, 2.75) is 12.5 Å². The number of hydrogen-bond donors (Lipinski definition) is 2. The van der Waals surface area contributed by atoms with Gasteiger partial charge in [-0.05, 0) is 24.9 Å². The predicted octanol–water partition coefficient (Wildman–Crippen LogP) is 1.69. The minimum atomic E-state index is -0.554. The summed E-state index contributed by atoms with van der Waals surface area (Å²) in [7, 11) is 0. The van der Waals surface area contributed by atoms with E-state index in [-0.39, 0.29) is 6.61 Å². The zero-order valence-corrected chi connectivity index (χ0v) is 10.5. The van der Waals surface area contributed by atoms with Gasteiger partial charge < -0.3 is 15.1 Å². The number of β-amino-alcohol motifs (C(OH)–C–C–N with tert-alkyl or cyclic N) is 1. The minimum absolute atomic E-state index is 0.235. The molecular formula is C13H18ClNO2. The number of rotatable bonds is 4. The SMILES string of the molecule is OCC1CCN(CC(O)c2ccccc2Cl)C1. The fraction of sp³-hybridized carbons (Fsp3) is 0.538. The third-order valence-electron chi connectivity index (χ3n) is 3.32. The van der Waals surface area contributed by atoms with Crippen LogP contribution in [0.3, 0.4) is 0 Å². The summed E-state index contributed by atoms with van der Waals surface area (Å²) in [4.78, 5) is 2.18. The van der Waals surface area contributed by atoms with Gasteiger partial charge in [-0.25, -0.2) is 0 Å². The van der Waals surface area contributed by atoms with Gasteiger partial charge in [-0.1, -0.05) is 29.8 Å². The van der Waals surface area contributed by atoms with Crippen molar-refractivity contribution in [3.8, 4) is 0 Å². The maximum absolute atomic E-state index is 10.1. The highest BCUT2D eigenvalue weighted by molar-refractivity contribution is 6.31. The van der Waals surface area contributed by atoms with E-state index >= 15 is 0 Å². The fourth-order valence-electron chi connectivity index (χ4n) is 2.32. The molecule has 1 aliphatic rings. The summed E-state index contributed by atoms with van der Waals surface area (Å²) in [5, 5.41) is 19.8. The van der Waals surface area contributed by atoms with Crippen LogP contribution in [0.5, 0.6) is 0 Å². The maximum Gasteiger partial charge on any atom is 0.0931 e. The van der Waals surface area contributed by atoms with Crippen molar-refractivity contribution in [3.05, 3.63) is 34.9 Å². The van der Waals surface area contributed by atoms with Crippen LogP contribution in [-0.2, 0) is 0 Å². The van der Waals surface area contributed by atoms with Crippen molar-refractivity contribution in [2.75, 3.05) is 26.2 Å². The first-order valence-electron chi connectivity index (χ1n) is 5.96. The maximum atomic E-state index is 10.1. The van der Waals surface area contributed by atoms with Gasteiger partial charge in [0.2, 0.25) is 0 Å². The van der Waals surface area contributed by atoms with Crippen molar-refractivity contribution in [3.63, 3.8) is 0 Å². The number of aliphatic hydroxyl groups excluding tert-OH is 2. The number of benzene rings is 1. The summed E-state index contributed by atoms with van der Waals surface area (Å²) in [5.74, 6) is 0.355. The molecule has 1 fully saturated rings. The van der Waals surface area contributed by atoms with Crippen LogP contribution in [0, 0.1) is 5.92 Å². The standard InChI is InChI=1S/C13H18ClNO2/c14-12-4-2-1-3-11(12)13(17)8-15-6-5-10(7-15)9-16/h1-4,10,13,16-17H,5-9H2. The molecule has 1 saturated heterocycles. The summed E-state index contributed by atoms with van der Waals surface area (Å²) in [6.45, 7) is 2.61. The molecule has 0 saturated carbocycles. The summed E-state index contributed by atoms with van der Waals surface area (Å²) >= 11 is 6.04. The van der Waals surface area contributed by atoms with E-state index in [9.17, 15) is 5.11 Å². The molecule has 0 spiro atoms. The van der Waals surface area contributed by atoms with E-state index in [2.05, 4.69) is 4.90 Å². The molecular weight excluding hydrogens is 238 g/mol. The van der Waals surface area contributed by atoms with E-state index in [0.717, 1.165) is 25.1 Å². The highest BCUT2D eigenvalue weighted by atomic mass is 35.5. The van der Waals surface area contributed by atoms with E-state index in [1.165, 1.54) is 0 Å². The molecule has 1 aliphatic heterocycles. The zero-order chi connectivity index (χ0) is 12.3. The number of halogens is 1. The molecule has 2 rings (SSSR count). The van der Waals surface area contributed by atoms with Crippen LogP contribution in [0.25, 0.3) is 0 Å². The Bertz CT molecular complexity index is 372. The van der Waals surface area contributed by atoms with E-state index in [4.69, 9.17) is 16.7 Å². The van der Waals surface area contributed by atoms with E-state index in [0.29, 0.717) is 17.5 Å². The highest BCUT2D eigenvalue weighted by Gasteiger charge is 2.24. The van der Waals surface area contributed by atoms with E-state index < -0.39 is 6.10 Å². The van der Waals surface area contributed by atoms with Crippen LogP contribution in [0.4, 0.5) is 0 Å². The number of aliphatic hydroxyl groups is 2. The summed E-state index contributed by atoms with van der Waals surface area (Å²) in [5.41, 5.74) is 0.779. The molecule has 17 heavy (non-hydrogen) atoms. The third kappa shape index (κ3) is 3.19. The fourth-order valence-corrected chi connectivity index (χ4v) is 2.58. The molecule has 0 amide bonds. The molecule has 2 atom stereocenters. The van der Waals surface area contributed by atoms with Gasteiger partial charge in [0, 0.05) is 30.3 Å². The Morgan fingerprint density at radius 1 is 1.41 bits per heavy atom. The van der Waals surface area contributed by atoms with Crippen molar-refractivity contribution in [2.24, 2.45) is 5.92 Å². The van der Waals surface area contributed by atoms with Gasteiger partial charge in [-0.3, -0.25) is 0 Å². The topological polar surface area (TPSA) is 43.7 Å². The van der Waals surface area contributed by atoms with Crippen LogP contribution in [0.2, 0.25) is 5.02 Å². The lowest BCUT2D eigenvalue weighted by Crippen LogP contribution is -2.27. The lowest BCUT2D eigenvalue weighted by atomic mass is 10.1. The summed E-state index contributed by atoms with van der Waals surface area (Å²) in [6, 6.07) is 7.38. The molecule has 0 bridgehead atoms. The highest BCUT2D eigenvalue weighted by Crippen LogP contribution is 2.25. The number of hydrogen-bond acceptors (Lipinski definition) is 3. The molecule has 0 aliphatic carbocycles. The molecule has 0 aromatic heterocycles. The van der Waals surface area contributed by atoms with Gasteiger partial charge in [-0.15, -0.1) is 0 Å². The largest absolute Gasteiger partial charge is 0.396 e. The van der Waals surface area contributed by atoms with Gasteiger partial charge in [0.05, 0.1) is 6.10 Å². The van der Waals surface area contributed by atoms with Crippen molar-refractivity contribution in [1.29, 1.82) is 0 Å². The Labute approximate surface area is 107 Å². The Morgan fingerprint density at radius 2 is 2.18 bits per heavy atom. The smallest absolute Gasteiger partial charge is 0.0931 e. The monoisotopic (exact) mass is 255 g/mol. The molecule has 4 heteroatoms. The van der Waals surface area contributed by atoms with Gasteiger partial charge in [-0.2, -0.15) is 0 Å². The first-order valence-corrected chi connectivity index (χ1v) is 6.34. The van der Waals surface area contributed by atoms with Gasteiger partial charge >= 0.3 is 0 Å². The Hall–Kier alpha value is -0.610. The van der Waals surface area contributed by atoms with Crippen LogP contribution in [-0.4, -0.2) is 41.4 Å². The van der Waals surface area contributed by atoms with Crippen LogP contribution in [0.1, 0.15) is 18.1 Å². The normalized spacial score (nSPS) is 22.9. The Morgan fingerprint density at radius 3 is 2.82 bits per heavy atom. The van der Waals surface area contributed by atoms with E-state index in [1.807, 2.05) is 18.2 Å². The number of nitrogens with zero attached hydrogens (tertiary/aromatic N) is 1. The Balaban J connectivity index is 1.94. The molecule has 2 N–H and O–H groups in total. The first kappa shape index (κ1) is 12.8. The number of likely N-dealkylation sites (tertiary alicyclic amines) is 1. The molecule has 0 radical (unpaired) electrons. The second-order valence-electron chi connectivity index (χ2n) is 4.63. The second-order valence-corrected chi connectivity index (χ2v) is 5.04. The van der Waals surface area contributed by atoms with Gasteiger partial charge in [0.15, 0.2) is 0 Å². The van der Waals surface area contributed by atoms with Crippen LogP contribution < -0.4 is 0 Å². The van der Waals surface area contributed by atoms with Gasteiger partial charge in [0.1, 0.15) is 0 Å². The quantitative estimate of drug-likeness (QED) is 0.861. The zero-order valence-electron chi connectivity index (χ0n) is 9.72. The van der Waals surface area contributed by atoms with Crippen LogP contribution >= 0.6 is 11.6 Å². The molecule has 1 heterocycles. The summed E-state index contributed by atoms with van der Waals surface area (Å²) < 4.78 is 0. The molecule has 1 aromatic carbocycles. The van der Waals surface area contributed by atoms with E-state index in [1.54, 1.807) is 6.07 Å². The minimum Gasteiger partial charge on any atom is -0.396 e. The average molecular weight is 256 g/mol. The van der Waals surface area contributed by atoms with Crippen molar-refractivity contribution >= 4 is 11.6 Å². The predicted molar refractivity (Wildman–Crippen MR) is 68.0 cm³/mol. The lowest BCUT2D eigenvalue weighted by Gasteiger charge is -2.20. The average Bonchev–Trinajstić information content (AvgIpc) is 2.77. The third-order valence-corrected chi connectivity index (χ3v) is 3.67. The molecule has 94 valence electrons. The second kappa shape index (κ2) is 5.83. The summed E-state index contributed by atoms with van der Waals surface area (Å²) in [6.07, 6.45) is 0.451. The van der Waals surface area contributed by atoms with Crippen LogP contribution in [0.15, 0.2) is 24.3 Å². The van der Waals surface area contributed by atoms with Crippen molar-refractivity contribution < 1.29 is 10.2 Å². The lowest BCUT2D eigenvalue weighted by molar-refractivity contribution is 0.121. The van der Waals surface area contributed by atoms with Gasteiger partial charge in [0.25, 0.3) is 0 Å². The first-order chi connectivity index (χ1) is 8.20. The van der Waals surface area contributed by atoms with Crippen molar-refractivity contribution in [1.82, 2.24) is 4.90 Å². The molecule has 1 aromatic rings. The Kier molecular flexibility index (Phi) is 4.40.